The molecule has 0 unspecified atom stereocenters. The molecule has 4 rings (SSSR count). The largest absolute Gasteiger partial charge is 0.359 e. The first-order valence-electron chi connectivity index (χ1n) is 11.3. The molecule has 3 nitrogen and oxygen atoms in total. The zero-order valence-corrected chi connectivity index (χ0v) is 19.4. The lowest BCUT2D eigenvalue weighted by Gasteiger charge is -2.15. The van der Waals surface area contributed by atoms with Crippen molar-refractivity contribution < 1.29 is 8.78 Å². The Hall–Kier alpha value is -3.86. The normalized spacial score (nSPS) is 11.3. The molecular formula is C29H27F2N3. The van der Waals surface area contributed by atoms with E-state index in [0.29, 0.717) is 6.42 Å². The number of benzene rings is 3. The highest BCUT2D eigenvalue weighted by atomic mass is 19.3. The molecule has 0 amide bonds. The van der Waals surface area contributed by atoms with Crippen molar-refractivity contribution in [3.8, 4) is 22.5 Å². The molecule has 0 saturated carbocycles. The lowest BCUT2D eigenvalue weighted by molar-refractivity contribution is -0.00829. The second-order valence-electron chi connectivity index (χ2n) is 8.36. The molecule has 34 heavy (non-hydrogen) atoms. The third kappa shape index (κ3) is 5.37. The minimum atomic E-state index is -2.79. The SMILES string of the molecule is C=C(Cc1ccc(C(F)(F)CC)cc1)Nc1ccc(-c2nccnc2-c2ccc(C)cc2)cc1. The maximum atomic E-state index is 13.8. The Balaban J connectivity index is 1.45. The molecule has 1 heterocycles. The molecule has 0 aliphatic heterocycles. The Labute approximate surface area is 199 Å². The minimum absolute atomic E-state index is 0.0435. The van der Waals surface area contributed by atoms with E-state index in [0.717, 1.165) is 39.5 Å². The number of allylic oxidation sites excluding steroid dienone is 1. The van der Waals surface area contributed by atoms with Crippen LogP contribution in [0.5, 0.6) is 0 Å². The van der Waals surface area contributed by atoms with Gasteiger partial charge in [-0.05, 0) is 24.6 Å². The number of anilines is 1. The van der Waals surface area contributed by atoms with E-state index in [2.05, 4.69) is 53.1 Å². The van der Waals surface area contributed by atoms with Gasteiger partial charge in [-0.25, -0.2) is 8.78 Å². The van der Waals surface area contributed by atoms with E-state index in [1.165, 1.54) is 24.6 Å². The summed E-state index contributed by atoms with van der Waals surface area (Å²) >= 11 is 0. The maximum Gasteiger partial charge on any atom is 0.273 e. The fourth-order valence-corrected chi connectivity index (χ4v) is 3.75. The van der Waals surface area contributed by atoms with E-state index in [1.54, 1.807) is 24.5 Å². The number of aryl methyl sites for hydroxylation is 1. The molecule has 0 spiro atoms. The van der Waals surface area contributed by atoms with E-state index < -0.39 is 5.92 Å². The van der Waals surface area contributed by atoms with Crippen LogP contribution in [0.4, 0.5) is 14.5 Å². The van der Waals surface area contributed by atoms with Crippen LogP contribution in [0.1, 0.15) is 30.0 Å². The summed E-state index contributed by atoms with van der Waals surface area (Å²) in [5.41, 5.74) is 7.48. The van der Waals surface area contributed by atoms with E-state index in [-0.39, 0.29) is 12.0 Å². The highest BCUT2D eigenvalue weighted by Crippen LogP contribution is 2.32. The van der Waals surface area contributed by atoms with Crippen LogP contribution in [0.3, 0.4) is 0 Å². The molecule has 1 aromatic heterocycles. The number of rotatable bonds is 8. The fraction of sp³-hybridized carbons (Fsp3) is 0.172. The monoisotopic (exact) mass is 455 g/mol. The van der Waals surface area contributed by atoms with Crippen molar-refractivity contribution in [3.05, 3.63) is 114 Å². The van der Waals surface area contributed by atoms with Gasteiger partial charge in [0.05, 0.1) is 11.4 Å². The van der Waals surface area contributed by atoms with E-state index in [4.69, 9.17) is 0 Å². The van der Waals surface area contributed by atoms with Crippen molar-refractivity contribution in [1.29, 1.82) is 0 Å². The third-order valence-corrected chi connectivity index (χ3v) is 5.74. The summed E-state index contributed by atoms with van der Waals surface area (Å²) in [6, 6.07) is 22.6. The second kappa shape index (κ2) is 9.96. The fourth-order valence-electron chi connectivity index (χ4n) is 3.75. The first kappa shape index (κ1) is 23.3. The molecular weight excluding hydrogens is 428 g/mol. The van der Waals surface area contributed by atoms with Crippen molar-refractivity contribution >= 4 is 5.69 Å². The van der Waals surface area contributed by atoms with Crippen LogP contribution >= 0.6 is 0 Å². The highest BCUT2D eigenvalue weighted by Gasteiger charge is 2.28. The van der Waals surface area contributed by atoms with Crippen molar-refractivity contribution in [1.82, 2.24) is 9.97 Å². The molecule has 4 aromatic rings. The molecule has 0 radical (unpaired) electrons. The smallest absolute Gasteiger partial charge is 0.273 e. The van der Waals surface area contributed by atoms with Gasteiger partial charge in [0.1, 0.15) is 0 Å². The molecule has 5 heteroatoms. The summed E-state index contributed by atoms with van der Waals surface area (Å²) < 4.78 is 27.6. The number of nitrogens with zero attached hydrogens (tertiary/aromatic N) is 2. The summed E-state index contributed by atoms with van der Waals surface area (Å²) in [5.74, 6) is -2.79. The van der Waals surface area contributed by atoms with Crippen LogP contribution in [0.15, 0.2) is 97.5 Å². The second-order valence-corrected chi connectivity index (χ2v) is 8.36. The molecule has 0 aliphatic carbocycles. The summed E-state index contributed by atoms with van der Waals surface area (Å²) in [7, 11) is 0. The summed E-state index contributed by atoms with van der Waals surface area (Å²) in [6.45, 7) is 7.63. The lowest BCUT2D eigenvalue weighted by Crippen LogP contribution is -2.11. The quantitative estimate of drug-likeness (QED) is 0.295. The summed E-state index contributed by atoms with van der Waals surface area (Å²) in [6.07, 6.45) is 3.73. The number of hydrogen-bond donors (Lipinski definition) is 1. The van der Waals surface area contributed by atoms with Gasteiger partial charge in [0.25, 0.3) is 5.92 Å². The lowest BCUT2D eigenvalue weighted by atomic mass is 10.0. The number of aromatic nitrogens is 2. The first-order valence-corrected chi connectivity index (χ1v) is 11.3. The Morgan fingerprint density at radius 2 is 1.35 bits per heavy atom. The predicted molar refractivity (Wildman–Crippen MR) is 135 cm³/mol. The topological polar surface area (TPSA) is 37.8 Å². The third-order valence-electron chi connectivity index (χ3n) is 5.74. The van der Waals surface area contributed by atoms with Gasteiger partial charge in [-0.1, -0.05) is 79.7 Å². The summed E-state index contributed by atoms with van der Waals surface area (Å²) in [5, 5.41) is 3.30. The van der Waals surface area contributed by atoms with Crippen LogP contribution < -0.4 is 5.32 Å². The molecule has 3 aromatic carbocycles. The molecule has 0 saturated heterocycles. The Morgan fingerprint density at radius 1 is 0.824 bits per heavy atom. The van der Waals surface area contributed by atoms with Gasteiger partial charge in [-0.2, -0.15) is 0 Å². The maximum absolute atomic E-state index is 13.8. The number of alkyl halides is 2. The number of nitrogens with one attached hydrogen (secondary N) is 1. The van der Waals surface area contributed by atoms with Crippen molar-refractivity contribution in [3.63, 3.8) is 0 Å². The van der Waals surface area contributed by atoms with Crippen LogP contribution in [0.25, 0.3) is 22.5 Å². The molecule has 0 atom stereocenters. The Bertz CT molecular complexity index is 1260. The van der Waals surface area contributed by atoms with E-state index in [1.807, 2.05) is 24.3 Å². The predicted octanol–water partition coefficient (Wildman–Crippen LogP) is 7.79. The molecule has 172 valence electrons. The van der Waals surface area contributed by atoms with Gasteiger partial charge in [0, 0.05) is 53.3 Å². The highest BCUT2D eigenvalue weighted by molar-refractivity contribution is 5.78. The Morgan fingerprint density at radius 3 is 1.88 bits per heavy atom. The zero-order valence-electron chi connectivity index (χ0n) is 19.4. The summed E-state index contributed by atoms with van der Waals surface area (Å²) in [4.78, 5) is 9.13. The first-order chi connectivity index (χ1) is 16.4. The number of hydrogen-bond acceptors (Lipinski definition) is 3. The van der Waals surface area contributed by atoms with Crippen LogP contribution in [-0.4, -0.2) is 9.97 Å². The van der Waals surface area contributed by atoms with Gasteiger partial charge < -0.3 is 5.32 Å². The molecule has 0 fully saturated rings. The van der Waals surface area contributed by atoms with Crippen LogP contribution in [0.2, 0.25) is 0 Å². The van der Waals surface area contributed by atoms with Crippen LogP contribution in [0, 0.1) is 6.92 Å². The van der Waals surface area contributed by atoms with Crippen LogP contribution in [-0.2, 0) is 12.3 Å². The Kier molecular flexibility index (Phi) is 6.82. The molecule has 0 aliphatic rings. The van der Waals surface area contributed by atoms with Gasteiger partial charge in [-0.15, -0.1) is 0 Å². The van der Waals surface area contributed by atoms with E-state index in [9.17, 15) is 8.78 Å². The van der Waals surface area contributed by atoms with Gasteiger partial charge in [-0.3, -0.25) is 9.97 Å². The molecule has 0 bridgehead atoms. The minimum Gasteiger partial charge on any atom is -0.359 e. The van der Waals surface area contributed by atoms with E-state index >= 15 is 0 Å². The van der Waals surface area contributed by atoms with Gasteiger partial charge in [0.2, 0.25) is 0 Å². The zero-order chi connectivity index (χ0) is 24.1. The average Bonchev–Trinajstić information content (AvgIpc) is 2.85. The van der Waals surface area contributed by atoms with Crippen molar-refractivity contribution in [2.75, 3.05) is 5.32 Å². The van der Waals surface area contributed by atoms with Gasteiger partial charge >= 0.3 is 0 Å². The molecule has 1 N–H and O–H groups in total. The standard InChI is InChI=1S/C29H27F2N3/c1-4-29(30,31)25-13-7-22(8-14-25)19-21(3)34-26-15-11-24(12-16-26)28-27(32-17-18-33-28)23-9-5-20(2)6-10-23/h5-18,34H,3-4,19H2,1-2H3. The van der Waals surface area contributed by atoms with Crippen molar-refractivity contribution in [2.45, 2.75) is 32.6 Å². The average molecular weight is 456 g/mol. The number of halogens is 2. The van der Waals surface area contributed by atoms with Crippen molar-refractivity contribution in [2.24, 2.45) is 0 Å². The van der Waals surface area contributed by atoms with Gasteiger partial charge in [0.15, 0.2) is 0 Å².